The summed E-state index contributed by atoms with van der Waals surface area (Å²) >= 11 is 0. The minimum atomic E-state index is -0.496. The third-order valence-corrected chi connectivity index (χ3v) is 5.48. The Morgan fingerprint density at radius 1 is 1.06 bits per heavy atom. The van der Waals surface area contributed by atoms with Gasteiger partial charge < -0.3 is 10.4 Å². The van der Waals surface area contributed by atoms with Crippen molar-refractivity contribution in [2.75, 3.05) is 5.32 Å². The topological polar surface area (TPSA) is 141 Å². The summed E-state index contributed by atoms with van der Waals surface area (Å²) in [5.41, 5.74) is 1.76. The van der Waals surface area contributed by atoms with Gasteiger partial charge in [0.15, 0.2) is 11.6 Å². The van der Waals surface area contributed by atoms with Gasteiger partial charge in [-0.05, 0) is 36.1 Å². The molecule has 0 bridgehead atoms. The van der Waals surface area contributed by atoms with Crippen molar-refractivity contribution in [3.63, 3.8) is 0 Å². The number of aryl methyl sites for hydroxylation is 1. The van der Waals surface area contributed by atoms with Crippen LogP contribution in [0.25, 0.3) is 16.7 Å². The van der Waals surface area contributed by atoms with Gasteiger partial charge in [-0.1, -0.05) is 42.5 Å². The van der Waals surface area contributed by atoms with E-state index in [4.69, 9.17) is 0 Å². The second-order valence-electron chi connectivity index (χ2n) is 7.77. The number of rotatable bonds is 5. The number of nitrogens with zero attached hydrogens (tertiary/aromatic N) is 7. The number of para-hydroxylation sites is 1. The molecule has 2 aromatic heterocycles. The lowest BCUT2D eigenvalue weighted by Crippen LogP contribution is -2.13. The van der Waals surface area contributed by atoms with E-state index < -0.39 is 5.91 Å². The Labute approximate surface area is 205 Å². The average molecular weight is 474 g/mol. The van der Waals surface area contributed by atoms with Crippen LogP contribution in [0.15, 0.2) is 89.5 Å². The second-order valence-corrected chi connectivity index (χ2v) is 7.77. The van der Waals surface area contributed by atoms with Crippen molar-refractivity contribution in [3.8, 4) is 17.8 Å². The molecule has 174 valence electrons. The van der Waals surface area contributed by atoms with Crippen LogP contribution < -0.4 is 5.32 Å². The molecule has 0 saturated carbocycles. The van der Waals surface area contributed by atoms with Gasteiger partial charge in [0, 0.05) is 23.5 Å². The summed E-state index contributed by atoms with van der Waals surface area (Å²) in [6, 6.07) is 19.8. The van der Waals surface area contributed by atoms with Crippen LogP contribution in [0.4, 0.5) is 17.2 Å². The fraction of sp³-hybridized carbons (Fsp3) is 0.0385. The molecule has 5 aromatic rings. The van der Waals surface area contributed by atoms with Gasteiger partial charge in [-0.3, -0.25) is 4.79 Å². The van der Waals surface area contributed by atoms with Crippen LogP contribution in [-0.4, -0.2) is 30.8 Å². The van der Waals surface area contributed by atoms with Gasteiger partial charge >= 0.3 is 0 Å². The molecule has 0 spiro atoms. The van der Waals surface area contributed by atoms with Gasteiger partial charge in [0.1, 0.15) is 17.3 Å². The zero-order chi connectivity index (χ0) is 25.1. The van der Waals surface area contributed by atoms with Crippen LogP contribution in [0.3, 0.4) is 0 Å². The molecule has 1 amide bonds. The number of carbonyl (C=O) groups is 1. The number of nitrogens with one attached hydrogen (secondary N) is 1. The van der Waals surface area contributed by atoms with Crippen molar-refractivity contribution in [3.05, 3.63) is 95.9 Å². The van der Waals surface area contributed by atoms with Crippen LogP contribution in [0.5, 0.6) is 5.75 Å². The average Bonchev–Trinajstić information content (AvgIpc) is 3.32. The number of phenols is 1. The first-order valence-corrected chi connectivity index (χ1v) is 10.9. The first-order chi connectivity index (χ1) is 17.6. The van der Waals surface area contributed by atoms with Crippen molar-refractivity contribution in [1.29, 1.82) is 5.26 Å². The zero-order valence-electron chi connectivity index (χ0n) is 19.0. The number of fused-ring (bicyclic) bond motifs is 1. The Hall–Kier alpha value is -5.43. The van der Waals surface area contributed by atoms with Gasteiger partial charge in [0.2, 0.25) is 0 Å². The van der Waals surface area contributed by atoms with Crippen molar-refractivity contribution in [1.82, 2.24) is 19.7 Å². The quantitative estimate of drug-likeness (QED) is 0.328. The maximum atomic E-state index is 13.1. The Morgan fingerprint density at radius 2 is 1.81 bits per heavy atom. The zero-order valence-corrected chi connectivity index (χ0v) is 19.0. The van der Waals surface area contributed by atoms with Crippen molar-refractivity contribution < 1.29 is 9.90 Å². The molecular formula is C26H18N8O2. The molecule has 0 aliphatic heterocycles. The number of phenolic OH excluding ortho intramolecular Hbond substituents is 1. The number of hydrogen-bond donors (Lipinski definition) is 2. The van der Waals surface area contributed by atoms with E-state index in [-0.39, 0.29) is 34.3 Å². The molecule has 10 heteroatoms. The highest BCUT2D eigenvalue weighted by atomic mass is 16.3. The molecule has 0 atom stereocenters. The van der Waals surface area contributed by atoms with Gasteiger partial charge in [0.25, 0.3) is 11.9 Å². The highest BCUT2D eigenvalue weighted by molar-refractivity contribution is 6.11. The van der Waals surface area contributed by atoms with E-state index in [0.717, 1.165) is 5.56 Å². The van der Waals surface area contributed by atoms with Crippen LogP contribution in [0, 0.1) is 18.3 Å². The number of amides is 1. The summed E-state index contributed by atoms with van der Waals surface area (Å²) in [6.45, 7) is 1.88. The van der Waals surface area contributed by atoms with Crippen molar-refractivity contribution in [2.45, 2.75) is 6.92 Å². The van der Waals surface area contributed by atoms with Gasteiger partial charge in [-0.15, -0.1) is 10.2 Å². The fourth-order valence-electron chi connectivity index (χ4n) is 3.66. The van der Waals surface area contributed by atoms with E-state index in [1.54, 1.807) is 36.4 Å². The lowest BCUT2D eigenvalue weighted by molar-refractivity contribution is 0.102. The molecular weight excluding hydrogens is 456 g/mol. The fourth-order valence-corrected chi connectivity index (χ4v) is 3.66. The highest BCUT2D eigenvalue weighted by Gasteiger charge is 2.20. The third kappa shape index (κ3) is 4.12. The largest absolute Gasteiger partial charge is 0.505 e. The lowest BCUT2D eigenvalue weighted by atomic mass is 10.0. The van der Waals surface area contributed by atoms with E-state index in [1.807, 2.05) is 37.3 Å². The molecule has 0 unspecified atom stereocenters. The predicted octanol–water partition coefficient (Wildman–Crippen LogP) is 5.37. The minimum absolute atomic E-state index is 0.0336. The number of nitriles is 1. The molecule has 0 fully saturated rings. The van der Waals surface area contributed by atoms with E-state index in [1.165, 1.54) is 23.3 Å². The maximum Gasteiger partial charge on any atom is 0.259 e. The third-order valence-electron chi connectivity index (χ3n) is 5.48. The smallest absolute Gasteiger partial charge is 0.259 e. The number of azo groups is 1. The van der Waals surface area contributed by atoms with Crippen LogP contribution in [0.1, 0.15) is 21.5 Å². The summed E-state index contributed by atoms with van der Waals surface area (Å²) in [7, 11) is 0. The van der Waals surface area contributed by atoms with E-state index >= 15 is 0 Å². The monoisotopic (exact) mass is 474 g/mol. The van der Waals surface area contributed by atoms with Gasteiger partial charge in [0.05, 0.1) is 11.8 Å². The molecule has 2 heterocycles. The van der Waals surface area contributed by atoms with Crippen LogP contribution in [-0.2, 0) is 0 Å². The summed E-state index contributed by atoms with van der Waals surface area (Å²) in [5.74, 6) is -0.552. The minimum Gasteiger partial charge on any atom is -0.505 e. The van der Waals surface area contributed by atoms with E-state index in [0.29, 0.717) is 16.5 Å². The van der Waals surface area contributed by atoms with Crippen LogP contribution in [0.2, 0.25) is 0 Å². The Kier molecular flexibility index (Phi) is 5.86. The van der Waals surface area contributed by atoms with E-state index in [9.17, 15) is 15.2 Å². The van der Waals surface area contributed by atoms with Crippen LogP contribution >= 0.6 is 0 Å². The number of aromatic nitrogens is 4. The normalized spacial score (nSPS) is 11.0. The standard InChI is InChI=1S/C26H18N8O2/c1-16-7-2-5-10-21(16)31-25(36)20-13-17-8-3-4-9-19(17)22(23(20)35)32-33-24-18(14-27)15-30-34(24)26-28-11-6-12-29-26/h2-13,15,35H,1H3,(H,31,36). The SMILES string of the molecule is Cc1ccccc1NC(=O)c1cc2ccccc2c(N=Nc2c(C#N)cnn2-c2ncccn2)c1O. The molecule has 0 aliphatic carbocycles. The van der Waals surface area contributed by atoms with Crippen molar-refractivity contribution in [2.24, 2.45) is 10.2 Å². The Morgan fingerprint density at radius 3 is 2.58 bits per heavy atom. The summed E-state index contributed by atoms with van der Waals surface area (Å²) in [5, 5.41) is 37.4. The summed E-state index contributed by atoms with van der Waals surface area (Å²) in [6.07, 6.45) is 4.40. The van der Waals surface area contributed by atoms with Crippen molar-refractivity contribution >= 4 is 33.9 Å². The highest BCUT2D eigenvalue weighted by Crippen LogP contribution is 2.40. The number of hydrogen-bond acceptors (Lipinski definition) is 8. The van der Waals surface area contributed by atoms with Gasteiger partial charge in [-0.25, -0.2) is 9.97 Å². The molecule has 2 N–H and O–H groups in total. The number of benzene rings is 3. The molecule has 0 saturated heterocycles. The molecule has 0 radical (unpaired) electrons. The molecule has 0 aliphatic rings. The summed E-state index contributed by atoms with van der Waals surface area (Å²) in [4.78, 5) is 21.4. The molecule has 10 nitrogen and oxygen atoms in total. The maximum absolute atomic E-state index is 13.1. The number of carbonyl (C=O) groups excluding carboxylic acids is 1. The number of anilines is 1. The molecule has 36 heavy (non-hydrogen) atoms. The molecule has 3 aromatic carbocycles. The molecule has 5 rings (SSSR count). The number of aromatic hydroxyl groups is 1. The van der Waals surface area contributed by atoms with E-state index in [2.05, 4.69) is 30.6 Å². The predicted molar refractivity (Wildman–Crippen MR) is 133 cm³/mol. The Balaban J connectivity index is 1.61. The van der Waals surface area contributed by atoms with Gasteiger partial charge in [-0.2, -0.15) is 15.0 Å². The second kappa shape index (κ2) is 9.44. The summed E-state index contributed by atoms with van der Waals surface area (Å²) < 4.78 is 1.27. The Bertz CT molecular complexity index is 1670. The first kappa shape index (κ1) is 22.4. The first-order valence-electron chi connectivity index (χ1n) is 10.9. The lowest BCUT2D eigenvalue weighted by Gasteiger charge is -2.12.